The summed E-state index contributed by atoms with van der Waals surface area (Å²) >= 11 is 0. The van der Waals surface area contributed by atoms with Gasteiger partial charge in [-0.25, -0.2) is 13.6 Å². The maximum atomic E-state index is 13.5. The molecule has 3 rings (SSSR count). The van der Waals surface area contributed by atoms with Gasteiger partial charge in [-0.05, 0) is 30.3 Å². The highest BCUT2D eigenvalue weighted by atomic mass is 19.1. The summed E-state index contributed by atoms with van der Waals surface area (Å²) in [6, 6.07) is 12.6. The number of benzene rings is 2. The van der Waals surface area contributed by atoms with Crippen LogP contribution in [-0.2, 0) is 0 Å². The molecule has 0 aliphatic heterocycles. The fourth-order valence-electron chi connectivity index (χ4n) is 2.18. The Morgan fingerprint density at radius 3 is 2.35 bits per heavy atom. The molecule has 0 bridgehead atoms. The van der Waals surface area contributed by atoms with Crippen LogP contribution in [0.4, 0.5) is 25.0 Å². The Bertz CT molecular complexity index is 915. The van der Waals surface area contributed by atoms with Gasteiger partial charge >= 0.3 is 6.03 Å². The molecule has 0 fully saturated rings. The number of amides is 2. The van der Waals surface area contributed by atoms with Crippen molar-refractivity contribution in [3.05, 3.63) is 66.2 Å². The van der Waals surface area contributed by atoms with E-state index < -0.39 is 17.7 Å². The molecule has 0 spiro atoms. The number of aromatic nitrogens is 2. The lowest BCUT2D eigenvalue weighted by Crippen LogP contribution is -2.20. The summed E-state index contributed by atoms with van der Waals surface area (Å²) in [5.41, 5.74) is 1.83. The third-order valence-electron chi connectivity index (χ3n) is 3.47. The standard InChI is InChI=1S/C18H14F2N4O2/c1-26-17-9-8-15(23-24-17)11-2-5-13(6-3-11)21-18(25)22-16-7-4-12(19)10-14(16)20/h2-10H,1H3,(H2,21,22,25). The molecule has 6 nitrogen and oxygen atoms in total. The molecule has 0 aliphatic carbocycles. The van der Waals surface area contributed by atoms with Crippen molar-refractivity contribution in [2.24, 2.45) is 0 Å². The first-order chi connectivity index (χ1) is 12.5. The topological polar surface area (TPSA) is 76.1 Å². The maximum Gasteiger partial charge on any atom is 0.323 e. The summed E-state index contributed by atoms with van der Waals surface area (Å²) in [6.45, 7) is 0. The van der Waals surface area contributed by atoms with E-state index in [4.69, 9.17) is 4.74 Å². The molecule has 0 atom stereocenters. The van der Waals surface area contributed by atoms with Crippen LogP contribution < -0.4 is 15.4 Å². The highest BCUT2D eigenvalue weighted by Crippen LogP contribution is 2.21. The molecule has 0 radical (unpaired) electrons. The Morgan fingerprint density at radius 1 is 0.962 bits per heavy atom. The highest BCUT2D eigenvalue weighted by Gasteiger charge is 2.08. The second-order valence-corrected chi connectivity index (χ2v) is 5.24. The average molecular weight is 356 g/mol. The molecule has 1 heterocycles. The van der Waals surface area contributed by atoms with Crippen LogP contribution in [0.25, 0.3) is 11.3 Å². The van der Waals surface area contributed by atoms with Crippen LogP contribution in [-0.4, -0.2) is 23.3 Å². The van der Waals surface area contributed by atoms with E-state index in [1.165, 1.54) is 7.11 Å². The third-order valence-corrected chi connectivity index (χ3v) is 3.47. The zero-order valence-electron chi connectivity index (χ0n) is 13.7. The molecule has 0 saturated heterocycles. The van der Waals surface area contributed by atoms with Gasteiger partial charge < -0.3 is 15.4 Å². The SMILES string of the molecule is COc1ccc(-c2ccc(NC(=O)Nc3ccc(F)cc3F)cc2)nn1. The molecule has 26 heavy (non-hydrogen) atoms. The number of nitrogens with one attached hydrogen (secondary N) is 2. The number of rotatable bonds is 4. The number of nitrogens with zero attached hydrogens (tertiary/aromatic N) is 2. The molecule has 2 aromatic carbocycles. The van der Waals surface area contributed by atoms with Crippen molar-refractivity contribution in [2.75, 3.05) is 17.7 Å². The van der Waals surface area contributed by atoms with Gasteiger partial charge in [-0.15, -0.1) is 10.2 Å². The van der Waals surface area contributed by atoms with E-state index in [0.29, 0.717) is 23.3 Å². The van der Waals surface area contributed by atoms with Gasteiger partial charge in [0.15, 0.2) is 0 Å². The van der Waals surface area contributed by atoms with Gasteiger partial charge in [0, 0.05) is 23.4 Å². The van der Waals surface area contributed by atoms with Crippen LogP contribution in [0, 0.1) is 11.6 Å². The van der Waals surface area contributed by atoms with Crippen LogP contribution >= 0.6 is 0 Å². The largest absolute Gasteiger partial charge is 0.480 e. The van der Waals surface area contributed by atoms with Crippen LogP contribution in [0.3, 0.4) is 0 Å². The van der Waals surface area contributed by atoms with Crippen LogP contribution in [0.2, 0.25) is 0 Å². The van der Waals surface area contributed by atoms with Crippen LogP contribution in [0.15, 0.2) is 54.6 Å². The molecule has 0 saturated carbocycles. The minimum atomic E-state index is -0.853. The first-order valence-electron chi connectivity index (χ1n) is 7.56. The van der Waals surface area contributed by atoms with E-state index in [-0.39, 0.29) is 5.69 Å². The number of carbonyl (C=O) groups excluding carboxylic acids is 1. The Morgan fingerprint density at radius 2 is 1.73 bits per heavy atom. The number of hydrogen-bond acceptors (Lipinski definition) is 4. The molecule has 0 aliphatic rings. The smallest absolute Gasteiger partial charge is 0.323 e. The van der Waals surface area contributed by atoms with E-state index in [1.54, 1.807) is 36.4 Å². The summed E-state index contributed by atoms with van der Waals surface area (Å²) in [5, 5.41) is 12.8. The quantitative estimate of drug-likeness (QED) is 0.739. The first kappa shape index (κ1) is 17.3. The van der Waals surface area contributed by atoms with Gasteiger partial charge in [-0.1, -0.05) is 12.1 Å². The second kappa shape index (κ2) is 7.56. The summed E-state index contributed by atoms with van der Waals surface area (Å²) in [5.74, 6) is -1.16. The molecule has 3 aromatic rings. The predicted molar refractivity (Wildman–Crippen MR) is 93.0 cm³/mol. The fraction of sp³-hybridized carbons (Fsp3) is 0.0556. The maximum absolute atomic E-state index is 13.5. The summed E-state index contributed by atoms with van der Waals surface area (Å²) in [6.07, 6.45) is 0. The lowest BCUT2D eigenvalue weighted by molar-refractivity contribution is 0.262. The monoisotopic (exact) mass is 356 g/mol. The summed E-state index contributed by atoms with van der Waals surface area (Å²) < 4.78 is 31.4. The number of anilines is 2. The lowest BCUT2D eigenvalue weighted by atomic mass is 10.1. The number of ether oxygens (including phenoxy) is 1. The van der Waals surface area contributed by atoms with Gasteiger partial charge in [-0.2, -0.15) is 0 Å². The number of methoxy groups -OCH3 is 1. The Kier molecular flexibility index (Phi) is 5.02. The van der Waals surface area contributed by atoms with E-state index in [2.05, 4.69) is 20.8 Å². The van der Waals surface area contributed by atoms with Crippen molar-refractivity contribution in [1.82, 2.24) is 10.2 Å². The zero-order valence-corrected chi connectivity index (χ0v) is 13.7. The number of halogens is 2. The van der Waals surface area contributed by atoms with Gasteiger partial charge in [0.2, 0.25) is 5.88 Å². The Balaban J connectivity index is 1.65. The van der Waals surface area contributed by atoms with E-state index in [9.17, 15) is 13.6 Å². The van der Waals surface area contributed by atoms with Crippen molar-refractivity contribution in [2.45, 2.75) is 0 Å². The second-order valence-electron chi connectivity index (χ2n) is 5.24. The van der Waals surface area contributed by atoms with Gasteiger partial charge in [0.1, 0.15) is 11.6 Å². The number of hydrogen-bond donors (Lipinski definition) is 2. The van der Waals surface area contributed by atoms with Gasteiger partial charge in [-0.3, -0.25) is 0 Å². The molecule has 132 valence electrons. The van der Waals surface area contributed by atoms with E-state index in [1.807, 2.05) is 0 Å². The van der Waals surface area contributed by atoms with Gasteiger partial charge in [0.25, 0.3) is 0 Å². The Hall–Kier alpha value is -3.55. The molecule has 2 N–H and O–H groups in total. The molecule has 8 heteroatoms. The average Bonchev–Trinajstić information content (AvgIpc) is 2.65. The minimum Gasteiger partial charge on any atom is -0.480 e. The zero-order chi connectivity index (χ0) is 18.5. The first-order valence-corrected chi connectivity index (χ1v) is 7.56. The number of urea groups is 1. The highest BCUT2D eigenvalue weighted by molar-refractivity contribution is 5.99. The molecule has 0 unspecified atom stereocenters. The Labute approximate surface area is 147 Å². The predicted octanol–water partition coefficient (Wildman–Crippen LogP) is 4.07. The normalized spacial score (nSPS) is 10.3. The third kappa shape index (κ3) is 4.10. The fourth-order valence-corrected chi connectivity index (χ4v) is 2.18. The van der Waals surface area contributed by atoms with Crippen molar-refractivity contribution in [3.8, 4) is 17.1 Å². The molecule has 1 aromatic heterocycles. The number of carbonyl (C=O) groups is 1. The van der Waals surface area contributed by atoms with Crippen molar-refractivity contribution >= 4 is 17.4 Å². The summed E-state index contributed by atoms with van der Waals surface area (Å²) in [7, 11) is 1.51. The van der Waals surface area contributed by atoms with Crippen molar-refractivity contribution < 1.29 is 18.3 Å². The van der Waals surface area contributed by atoms with E-state index in [0.717, 1.165) is 17.7 Å². The van der Waals surface area contributed by atoms with E-state index >= 15 is 0 Å². The summed E-state index contributed by atoms with van der Waals surface area (Å²) in [4.78, 5) is 11.9. The molecular formula is C18H14F2N4O2. The minimum absolute atomic E-state index is 0.117. The van der Waals surface area contributed by atoms with Crippen LogP contribution in [0.1, 0.15) is 0 Å². The van der Waals surface area contributed by atoms with Gasteiger partial charge in [0.05, 0.1) is 18.5 Å². The van der Waals surface area contributed by atoms with Crippen molar-refractivity contribution in [3.63, 3.8) is 0 Å². The van der Waals surface area contributed by atoms with Crippen LogP contribution in [0.5, 0.6) is 5.88 Å². The van der Waals surface area contributed by atoms with Crippen molar-refractivity contribution in [1.29, 1.82) is 0 Å². The molecule has 2 amide bonds. The lowest BCUT2D eigenvalue weighted by Gasteiger charge is -2.09. The molecular weight excluding hydrogens is 342 g/mol.